The molecule has 2 aliphatic rings. The van der Waals surface area contributed by atoms with E-state index in [2.05, 4.69) is 15.5 Å². The Morgan fingerprint density at radius 2 is 2.12 bits per heavy atom. The molecule has 5 heteroatoms. The highest BCUT2D eigenvalue weighted by Crippen LogP contribution is 2.39. The molecule has 2 atom stereocenters. The highest BCUT2D eigenvalue weighted by molar-refractivity contribution is 6.29. The first-order chi connectivity index (χ1) is 7.83. The normalized spacial score (nSPS) is 29.3. The fourth-order valence-electron chi connectivity index (χ4n) is 2.24. The van der Waals surface area contributed by atoms with E-state index in [0.717, 1.165) is 24.8 Å². The van der Waals surface area contributed by atoms with Crippen LogP contribution in [-0.2, 0) is 4.74 Å². The highest BCUT2D eigenvalue weighted by atomic mass is 35.5. The number of halogens is 1. The van der Waals surface area contributed by atoms with Crippen LogP contribution >= 0.6 is 11.6 Å². The summed E-state index contributed by atoms with van der Waals surface area (Å²) >= 11 is 5.69. The van der Waals surface area contributed by atoms with Gasteiger partial charge in [-0.05, 0) is 37.3 Å². The second-order valence-corrected chi connectivity index (χ2v) is 4.84. The fourth-order valence-corrected chi connectivity index (χ4v) is 2.34. The van der Waals surface area contributed by atoms with Crippen molar-refractivity contribution in [2.45, 2.75) is 31.4 Å². The lowest BCUT2D eigenvalue weighted by molar-refractivity contribution is 0.0898. The Morgan fingerprint density at radius 1 is 1.25 bits per heavy atom. The Hall–Kier alpha value is -0.870. The van der Waals surface area contributed by atoms with E-state index in [9.17, 15) is 0 Å². The molecule has 1 N–H and O–H groups in total. The van der Waals surface area contributed by atoms with E-state index in [1.807, 2.05) is 6.07 Å². The van der Waals surface area contributed by atoms with Crippen molar-refractivity contribution in [1.82, 2.24) is 10.2 Å². The zero-order valence-corrected chi connectivity index (χ0v) is 9.65. The molecule has 1 aliphatic carbocycles. The van der Waals surface area contributed by atoms with E-state index in [-0.39, 0.29) is 0 Å². The van der Waals surface area contributed by atoms with Crippen molar-refractivity contribution in [3.05, 3.63) is 17.3 Å². The standard InChI is InChI=1S/C11H14ClN3O/c12-9-3-4-10(15-14-9)13-8-5-6-16-11(8)7-1-2-7/h3-4,7-8,11H,1-2,5-6H2,(H,13,15). The number of hydrogen-bond donors (Lipinski definition) is 1. The zero-order valence-electron chi connectivity index (χ0n) is 8.90. The van der Waals surface area contributed by atoms with Gasteiger partial charge in [-0.2, -0.15) is 0 Å². The summed E-state index contributed by atoms with van der Waals surface area (Å²) in [5.41, 5.74) is 0. The van der Waals surface area contributed by atoms with Gasteiger partial charge in [0, 0.05) is 6.61 Å². The van der Waals surface area contributed by atoms with E-state index < -0.39 is 0 Å². The summed E-state index contributed by atoms with van der Waals surface area (Å²) < 4.78 is 5.75. The van der Waals surface area contributed by atoms with Gasteiger partial charge in [-0.1, -0.05) is 11.6 Å². The van der Waals surface area contributed by atoms with Gasteiger partial charge in [-0.15, -0.1) is 10.2 Å². The maximum atomic E-state index is 5.75. The quantitative estimate of drug-likeness (QED) is 0.878. The molecule has 1 aromatic heterocycles. The van der Waals surface area contributed by atoms with Gasteiger partial charge >= 0.3 is 0 Å². The van der Waals surface area contributed by atoms with Crippen molar-refractivity contribution in [2.75, 3.05) is 11.9 Å². The minimum Gasteiger partial charge on any atom is -0.376 e. The predicted molar refractivity (Wildman–Crippen MR) is 61.5 cm³/mol. The van der Waals surface area contributed by atoms with Gasteiger partial charge in [0.05, 0.1) is 12.1 Å². The summed E-state index contributed by atoms with van der Waals surface area (Å²) in [6.07, 6.45) is 4.01. The summed E-state index contributed by atoms with van der Waals surface area (Å²) in [7, 11) is 0. The fraction of sp³-hybridized carbons (Fsp3) is 0.636. The Morgan fingerprint density at radius 3 is 2.81 bits per heavy atom. The van der Waals surface area contributed by atoms with E-state index in [1.165, 1.54) is 12.8 Å². The third-order valence-electron chi connectivity index (χ3n) is 3.19. The van der Waals surface area contributed by atoms with E-state index in [0.29, 0.717) is 17.3 Å². The van der Waals surface area contributed by atoms with Crippen molar-refractivity contribution in [3.8, 4) is 0 Å². The largest absolute Gasteiger partial charge is 0.376 e. The third kappa shape index (κ3) is 2.13. The summed E-state index contributed by atoms with van der Waals surface area (Å²) in [4.78, 5) is 0. The van der Waals surface area contributed by atoms with Gasteiger partial charge in [-0.3, -0.25) is 0 Å². The Balaban J connectivity index is 1.66. The van der Waals surface area contributed by atoms with E-state index in [1.54, 1.807) is 6.07 Å². The average Bonchev–Trinajstić information content (AvgIpc) is 3.03. The number of ether oxygens (including phenoxy) is 1. The molecule has 2 fully saturated rings. The van der Waals surface area contributed by atoms with Crippen LogP contribution in [-0.4, -0.2) is 29.0 Å². The summed E-state index contributed by atoms with van der Waals surface area (Å²) in [6, 6.07) is 3.99. The second kappa shape index (κ2) is 4.18. The average molecular weight is 240 g/mol. The van der Waals surface area contributed by atoms with Crippen molar-refractivity contribution < 1.29 is 4.74 Å². The van der Waals surface area contributed by atoms with Crippen LogP contribution in [0.25, 0.3) is 0 Å². The molecule has 86 valence electrons. The number of anilines is 1. The van der Waals surface area contributed by atoms with Gasteiger partial charge in [-0.25, -0.2) is 0 Å². The molecule has 0 spiro atoms. The lowest BCUT2D eigenvalue weighted by atomic mass is 10.1. The minimum absolute atomic E-state index is 0.359. The van der Waals surface area contributed by atoms with Crippen LogP contribution in [0.1, 0.15) is 19.3 Å². The molecule has 3 rings (SSSR count). The summed E-state index contributed by atoms with van der Waals surface area (Å²) in [5, 5.41) is 11.6. The van der Waals surface area contributed by atoms with Gasteiger partial charge in [0.1, 0.15) is 5.82 Å². The Bertz CT molecular complexity index is 366. The van der Waals surface area contributed by atoms with Gasteiger partial charge in [0.2, 0.25) is 0 Å². The molecular weight excluding hydrogens is 226 g/mol. The lowest BCUT2D eigenvalue weighted by Gasteiger charge is -2.19. The van der Waals surface area contributed by atoms with Crippen LogP contribution in [0.5, 0.6) is 0 Å². The minimum atomic E-state index is 0.359. The van der Waals surface area contributed by atoms with Crippen LogP contribution in [0, 0.1) is 5.92 Å². The molecule has 2 unspecified atom stereocenters. The topological polar surface area (TPSA) is 47.0 Å². The Labute approximate surface area is 99.3 Å². The monoisotopic (exact) mass is 239 g/mol. The highest BCUT2D eigenvalue weighted by Gasteiger charge is 2.40. The van der Waals surface area contributed by atoms with Crippen molar-refractivity contribution >= 4 is 17.4 Å². The van der Waals surface area contributed by atoms with Crippen LogP contribution in [0.2, 0.25) is 5.15 Å². The molecule has 1 aliphatic heterocycles. The van der Waals surface area contributed by atoms with Gasteiger partial charge in [0.25, 0.3) is 0 Å². The van der Waals surface area contributed by atoms with Crippen LogP contribution in [0.3, 0.4) is 0 Å². The summed E-state index contributed by atoms with van der Waals surface area (Å²) in [6.45, 7) is 0.847. The molecule has 0 bridgehead atoms. The molecule has 1 aromatic rings. The molecule has 16 heavy (non-hydrogen) atoms. The molecule has 0 aromatic carbocycles. The first-order valence-electron chi connectivity index (χ1n) is 5.70. The number of hydrogen-bond acceptors (Lipinski definition) is 4. The molecule has 0 radical (unpaired) electrons. The van der Waals surface area contributed by atoms with Crippen LogP contribution < -0.4 is 5.32 Å². The van der Waals surface area contributed by atoms with Crippen molar-refractivity contribution in [3.63, 3.8) is 0 Å². The third-order valence-corrected chi connectivity index (χ3v) is 3.39. The zero-order chi connectivity index (χ0) is 11.0. The molecular formula is C11H14ClN3O. The smallest absolute Gasteiger partial charge is 0.151 e. The molecule has 0 amide bonds. The van der Waals surface area contributed by atoms with Crippen LogP contribution in [0.4, 0.5) is 5.82 Å². The summed E-state index contributed by atoms with van der Waals surface area (Å²) in [5.74, 6) is 1.53. The molecule has 2 heterocycles. The van der Waals surface area contributed by atoms with Gasteiger partial charge in [0.15, 0.2) is 5.15 Å². The van der Waals surface area contributed by atoms with Crippen LogP contribution in [0.15, 0.2) is 12.1 Å². The van der Waals surface area contributed by atoms with E-state index in [4.69, 9.17) is 16.3 Å². The maximum absolute atomic E-state index is 5.75. The number of aromatic nitrogens is 2. The maximum Gasteiger partial charge on any atom is 0.151 e. The van der Waals surface area contributed by atoms with Gasteiger partial charge < -0.3 is 10.1 Å². The number of nitrogens with zero attached hydrogens (tertiary/aromatic N) is 2. The predicted octanol–water partition coefficient (Wildman–Crippen LogP) is 2.11. The molecule has 4 nitrogen and oxygen atoms in total. The van der Waals surface area contributed by atoms with Crippen molar-refractivity contribution in [1.29, 1.82) is 0 Å². The first kappa shape index (κ1) is 10.3. The molecule has 1 saturated heterocycles. The van der Waals surface area contributed by atoms with Crippen molar-refractivity contribution in [2.24, 2.45) is 5.92 Å². The number of rotatable bonds is 3. The Kier molecular flexibility index (Phi) is 2.69. The lowest BCUT2D eigenvalue weighted by Crippen LogP contribution is -2.31. The second-order valence-electron chi connectivity index (χ2n) is 4.45. The van der Waals surface area contributed by atoms with E-state index >= 15 is 0 Å². The first-order valence-corrected chi connectivity index (χ1v) is 6.08. The number of nitrogens with one attached hydrogen (secondary N) is 1. The molecule has 1 saturated carbocycles. The SMILES string of the molecule is Clc1ccc(NC2CCOC2C2CC2)nn1.